The van der Waals surface area contributed by atoms with Crippen LogP contribution in [0, 0.1) is 0 Å². The van der Waals surface area contributed by atoms with Gasteiger partial charge in [0.05, 0.1) is 4.44 Å². The van der Waals surface area contributed by atoms with Crippen molar-refractivity contribution in [1.82, 2.24) is 0 Å². The Morgan fingerprint density at radius 2 is 1.36 bits per heavy atom. The molecule has 0 spiro atoms. The Morgan fingerprint density at radius 3 is 1.57 bits per heavy atom. The average Bonchev–Trinajstić information content (AvgIpc) is 2.17. The van der Waals surface area contributed by atoms with Gasteiger partial charge in [0, 0.05) is 10.5 Å². The van der Waals surface area contributed by atoms with Gasteiger partial charge in [0.1, 0.15) is 0 Å². The first kappa shape index (κ1) is 15.3. The Labute approximate surface area is 103 Å². The molecule has 0 aromatic rings. The second kappa shape index (κ2) is 7.60. The summed E-state index contributed by atoms with van der Waals surface area (Å²) in [6.07, 6.45) is 3.67. The predicted octanol–water partition coefficient (Wildman–Crippen LogP) is 5.38. The highest BCUT2D eigenvalue weighted by molar-refractivity contribution is 9.00. The van der Waals surface area contributed by atoms with Crippen LogP contribution >= 0.6 is 27.2 Å². The Kier molecular flexibility index (Phi) is 8.33. The minimum Gasteiger partial charge on any atom is -0.111 e. The third-order valence-electron chi connectivity index (χ3n) is 2.22. The summed E-state index contributed by atoms with van der Waals surface area (Å²) in [5, 5.41) is 1.47. The van der Waals surface area contributed by atoms with Crippen molar-refractivity contribution in [2.75, 3.05) is 6.16 Å². The van der Waals surface area contributed by atoms with Crippen molar-refractivity contribution < 1.29 is 0 Å². The zero-order valence-electron chi connectivity index (χ0n) is 9.95. The number of hydrogen-bond donors (Lipinski definition) is 0. The minimum absolute atomic E-state index is 0.734. The molecule has 0 aliphatic rings. The highest BCUT2D eigenvalue weighted by Crippen LogP contribution is 2.71. The quantitative estimate of drug-likeness (QED) is 0.570. The summed E-state index contributed by atoms with van der Waals surface area (Å²) in [5.74, 6) is 0. The molecule has 0 amide bonds. The molecule has 0 aliphatic carbocycles. The summed E-state index contributed by atoms with van der Waals surface area (Å²) in [7, 11) is 0. The monoisotopic (exact) mass is 270 g/mol. The molecule has 0 radical (unpaired) electrons. The SMILES string of the molecule is CCC(C)SP(=S)(CC)SC(C)CC. The zero-order valence-corrected chi connectivity index (χ0v) is 13.3. The van der Waals surface area contributed by atoms with Crippen molar-refractivity contribution in [2.24, 2.45) is 0 Å². The van der Waals surface area contributed by atoms with Crippen molar-refractivity contribution >= 4 is 39.0 Å². The average molecular weight is 270 g/mol. The highest BCUT2D eigenvalue weighted by atomic mass is 33.2. The third-order valence-corrected chi connectivity index (χ3v) is 14.5. The fourth-order valence-corrected chi connectivity index (χ4v) is 13.6. The molecule has 2 unspecified atom stereocenters. The van der Waals surface area contributed by atoms with Gasteiger partial charge in [0.15, 0.2) is 0 Å². The maximum Gasteiger partial charge on any atom is 0.0574 e. The van der Waals surface area contributed by atoms with Gasteiger partial charge in [-0.2, -0.15) is 0 Å². The van der Waals surface area contributed by atoms with E-state index in [0.29, 0.717) is 0 Å². The van der Waals surface area contributed by atoms with Crippen LogP contribution in [0.15, 0.2) is 0 Å². The topological polar surface area (TPSA) is 0 Å². The molecule has 0 heterocycles. The fourth-order valence-electron chi connectivity index (χ4n) is 0.871. The van der Waals surface area contributed by atoms with Gasteiger partial charge >= 0.3 is 0 Å². The highest BCUT2D eigenvalue weighted by Gasteiger charge is 2.21. The van der Waals surface area contributed by atoms with Gasteiger partial charge < -0.3 is 0 Å². The first-order valence-electron chi connectivity index (χ1n) is 5.43. The lowest BCUT2D eigenvalue weighted by atomic mass is 10.4. The molecule has 0 rings (SSSR count). The van der Waals surface area contributed by atoms with Crippen molar-refractivity contribution in [2.45, 2.75) is 58.0 Å². The van der Waals surface area contributed by atoms with Gasteiger partial charge in [-0.15, -0.1) is 22.8 Å². The predicted molar refractivity (Wildman–Crippen MR) is 79.5 cm³/mol. The van der Waals surface area contributed by atoms with E-state index < -0.39 is 4.44 Å². The third kappa shape index (κ3) is 6.05. The standard InChI is InChI=1S/C10H23PS3/c1-6-9(4)13-11(12,8-3)14-10(5)7-2/h9-10H,6-8H2,1-5H3. The Bertz CT molecular complexity index is 178. The molecule has 0 aromatic carbocycles. The molecule has 0 saturated carbocycles. The molecule has 14 heavy (non-hydrogen) atoms. The summed E-state index contributed by atoms with van der Waals surface area (Å²) < 4.78 is -1.18. The molecule has 0 N–H and O–H groups in total. The van der Waals surface area contributed by atoms with Crippen LogP contribution in [-0.2, 0) is 11.8 Å². The lowest BCUT2D eigenvalue weighted by Gasteiger charge is -2.25. The fraction of sp³-hybridized carbons (Fsp3) is 1.00. The van der Waals surface area contributed by atoms with E-state index in [4.69, 9.17) is 11.8 Å². The second-order valence-electron chi connectivity index (χ2n) is 3.58. The Morgan fingerprint density at radius 1 is 1.00 bits per heavy atom. The lowest BCUT2D eigenvalue weighted by Crippen LogP contribution is -1.96. The number of rotatable bonds is 7. The van der Waals surface area contributed by atoms with E-state index in [1.807, 2.05) is 0 Å². The van der Waals surface area contributed by atoms with Gasteiger partial charge in [0.2, 0.25) is 0 Å². The van der Waals surface area contributed by atoms with Gasteiger partial charge in [-0.1, -0.05) is 46.4 Å². The lowest BCUT2D eigenvalue weighted by molar-refractivity contribution is 0.910. The summed E-state index contributed by atoms with van der Waals surface area (Å²) in [5.41, 5.74) is 0. The van der Waals surface area contributed by atoms with Gasteiger partial charge in [-0.25, -0.2) is 0 Å². The van der Waals surface area contributed by atoms with Crippen molar-refractivity contribution in [3.8, 4) is 0 Å². The summed E-state index contributed by atoms with van der Waals surface area (Å²) in [6, 6.07) is 0. The normalized spacial score (nSPS) is 20.1. The Balaban J connectivity index is 4.25. The van der Waals surface area contributed by atoms with Crippen LogP contribution in [0.5, 0.6) is 0 Å². The minimum atomic E-state index is -1.18. The maximum atomic E-state index is 5.83. The van der Waals surface area contributed by atoms with Crippen LogP contribution in [0.1, 0.15) is 47.5 Å². The molecule has 0 aliphatic heterocycles. The molecule has 86 valence electrons. The molecular weight excluding hydrogens is 247 g/mol. The smallest absolute Gasteiger partial charge is 0.0574 e. The van der Waals surface area contributed by atoms with Crippen LogP contribution in [0.25, 0.3) is 0 Å². The van der Waals surface area contributed by atoms with Gasteiger partial charge in [-0.05, 0) is 19.0 Å². The molecule has 4 heteroatoms. The van der Waals surface area contributed by atoms with E-state index in [9.17, 15) is 0 Å². The molecule has 0 fully saturated rings. The van der Waals surface area contributed by atoms with E-state index in [0.717, 1.165) is 10.5 Å². The van der Waals surface area contributed by atoms with Crippen molar-refractivity contribution in [3.63, 3.8) is 0 Å². The second-order valence-corrected chi connectivity index (χ2v) is 16.4. The molecular formula is C10H23PS3. The molecule has 2 atom stereocenters. The van der Waals surface area contributed by atoms with Crippen LogP contribution in [0.2, 0.25) is 0 Å². The van der Waals surface area contributed by atoms with Gasteiger partial charge in [-0.3, -0.25) is 0 Å². The molecule has 0 saturated heterocycles. The summed E-state index contributed by atoms with van der Waals surface area (Å²) in [4.78, 5) is 0. The van der Waals surface area contributed by atoms with Crippen LogP contribution in [0.3, 0.4) is 0 Å². The number of hydrogen-bond acceptors (Lipinski definition) is 3. The van der Waals surface area contributed by atoms with Crippen LogP contribution in [-0.4, -0.2) is 16.7 Å². The van der Waals surface area contributed by atoms with Crippen molar-refractivity contribution in [3.05, 3.63) is 0 Å². The van der Waals surface area contributed by atoms with E-state index in [1.54, 1.807) is 0 Å². The Hall–Kier alpha value is 1.35. The summed E-state index contributed by atoms with van der Waals surface area (Å²) in [6.45, 7) is 11.4. The maximum absolute atomic E-state index is 5.83. The van der Waals surface area contributed by atoms with E-state index in [1.165, 1.54) is 19.0 Å². The first-order valence-corrected chi connectivity index (χ1v) is 11.4. The van der Waals surface area contributed by atoms with E-state index in [-0.39, 0.29) is 0 Å². The first-order chi connectivity index (χ1) is 6.47. The van der Waals surface area contributed by atoms with E-state index in [2.05, 4.69) is 57.4 Å². The molecule has 0 aromatic heterocycles. The largest absolute Gasteiger partial charge is 0.111 e. The molecule has 0 nitrogen and oxygen atoms in total. The van der Waals surface area contributed by atoms with Crippen molar-refractivity contribution in [1.29, 1.82) is 0 Å². The zero-order chi connectivity index (χ0) is 11.2. The van der Waals surface area contributed by atoms with Gasteiger partial charge in [0.25, 0.3) is 0 Å². The van der Waals surface area contributed by atoms with Crippen LogP contribution < -0.4 is 0 Å². The van der Waals surface area contributed by atoms with E-state index >= 15 is 0 Å². The summed E-state index contributed by atoms with van der Waals surface area (Å²) >= 11 is 9.98. The van der Waals surface area contributed by atoms with Crippen LogP contribution in [0.4, 0.5) is 0 Å². The molecule has 0 bridgehead atoms.